The van der Waals surface area contributed by atoms with E-state index in [9.17, 15) is 36.2 Å². The Morgan fingerprint density at radius 2 is 1.44 bits per heavy atom. The van der Waals surface area contributed by atoms with Crippen LogP contribution in [0.25, 0.3) is 0 Å². The number of carbonyl (C=O) groups is 1. The van der Waals surface area contributed by atoms with Crippen LogP contribution >= 0.6 is 0 Å². The van der Waals surface area contributed by atoms with Crippen LogP contribution in [0.3, 0.4) is 0 Å². The van der Waals surface area contributed by atoms with Crippen molar-refractivity contribution >= 4 is 17.2 Å². The van der Waals surface area contributed by atoms with Gasteiger partial charge in [-0.1, -0.05) is 44.4 Å². The molecule has 232 valence electrons. The fourth-order valence-corrected chi connectivity index (χ4v) is 3.21. The van der Waals surface area contributed by atoms with Crippen molar-refractivity contribution in [3.8, 4) is 5.75 Å². The Balaban J connectivity index is 0.000000612. The number of carbonyl (C=O) groups excluding carboxylic acids is 1. The fourth-order valence-electron chi connectivity index (χ4n) is 3.21. The molecule has 5 nitrogen and oxygen atoms in total. The summed E-state index contributed by atoms with van der Waals surface area (Å²) in [5.41, 5.74) is 0.929. The van der Waals surface area contributed by atoms with E-state index in [4.69, 9.17) is 0 Å². The number of aliphatic hydroxyl groups is 1. The highest BCUT2D eigenvalue weighted by Crippen LogP contribution is 2.30. The van der Waals surface area contributed by atoms with Gasteiger partial charge in [0.2, 0.25) is 0 Å². The quantitative estimate of drug-likeness (QED) is 0.220. The number of benzene rings is 1. The summed E-state index contributed by atoms with van der Waals surface area (Å²) in [7, 11) is 0. The monoisotopic (exact) mass is 592 g/mol. The third-order valence-electron chi connectivity index (χ3n) is 5.25. The van der Waals surface area contributed by atoms with Gasteiger partial charge in [-0.15, -0.1) is 13.2 Å². The number of nitrogens with zero attached hydrogens (tertiary/aromatic N) is 2. The van der Waals surface area contributed by atoms with Crippen molar-refractivity contribution in [2.24, 2.45) is 4.99 Å². The van der Waals surface area contributed by atoms with Crippen LogP contribution in [-0.2, 0) is 11.0 Å². The molecule has 0 saturated heterocycles. The highest BCUT2D eigenvalue weighted by Gasteiger charge is 2.32. The highest BCUT2D eigenvalue weighted by molar-refractivity contribution is 5.84. The maximum Gasteiger partial charge on any atom is 0.573 e. The van der Waals surface area contributed by atoms with Crippen molar-refractivity contribution in [3.05, 3.63) is 53.3 Å². The number of ether oxygens (including phenoxy) is 1. The Bertz CT molecular complexity index is 1070. The summed E-state index contributed by atoms with van der Waals surface area (Å²) in [6.45, 7) is 12.7. The molecule has 1 heterocycles. The summed E-state index contributed by atoms with van der Waals surface area (Å²) in [4.78, 5) is 18.9. The predicted molar refractivity (Wildman–Crippen MR) is 150 cm³/mol. The molecule has 0 aliphatic carbocycles. The second-order valence-corrected chi connectivity index (χ2v) is 10.2. The van der Waals surface area contributed by atoms with Crippen LogP contribution in [0, 0.1) is 13.8 Å². The Morgan fingerprint density at radius 1 is 0.902 bits per heavy atom. The minimum atomic E-state index is -4.60. The molecule has 1 N–H and O–H groups in total. The Kier molecular flexibility index (Phi) is 16.5. The number of pyridine rings is 1. The van der Waals surface area contributed by atoms with E-state index in [1.165, 1.54) is 18.2 Å². The van der Waals surface area contributed by atoms with Gasteiger partial charge < -0.3 is 9.84 Å². The summed E-state index contributed by atoms with van der Waals surface area (Å²) < 4.78 is 75.8. The van der Waals surface area contributed by atoms with Crippen LogP contribution in [-0.4, -0.2) is 33.5 Å². The number of hydrogen-bond acceptors (Lipinski definition) is 5. The molecule has 0 saturated carbocycles. The number of aliphatic imine (C=N–C) groups is 1. The van der Waals surface area contributed by atoms with Crippen LogP contribution < -0.4 is 4.74 Å². The van der Waals surface area contributed by atoms with Gasteiger partial charge in [-0.3, -0.25) is 9.79 Å². The van der Waals surface area contributed by atoms with Gasteiger partial charge in [0, 0.05) is 18.6 Å². The number of aromatic nitrogens is 1. The summed E-state index contributed by atoms with van der Waals surface area (Å²) in [6.07, 6.45) is -3.17. The predicted octanol–water partition coefficient (Wildman–Crippen LogP) is 9.49. The summed E-state index contributed by atoms with van der Waals surface area (Å²) in [5, 5.41) is 9.27. The number of rotatable bonds is 10. The largest absolute Gasteiger partial charge is 0.573 e. The summed E-state index contributed by atoms with van der Waals surface area (Å²) >= 11 is 0. The second-order valence-electron chi connectivity index (χ2n) is 10.2. The first kappa shape index (κ1) is 38.1. The maximum atomic E-state index is 12.4. The molecule has 41 heavy (non-hydrogen) atoms. The average molecular weight is 593 g/mol. The third kappa shape index (κ3) is 19.7. The molecule has 2 rings (SSSR count). The highest BCUT2D eigenvalue weighted by atomic mass is 19.4. The molecule has 0 spiro atoms. The lowest BCUT2D eigenvalue weighted by molar-refractivity contribution is -0.274. The van der Waals surface area contributed by atoms with Crippen LogP contribution in [0.2, 0.25) is 0 Å². The number of ketones is 1. The molecular weight excluding hydrogens is 550 g/mol. The molecule has 0 radical (unpaired) electrons. The first-order valence-corrected chi connectivity index (χ1v) is 13.4. The van der Waals surface area contributed by atoms with Crippen molar-refractivity contribution < 1.29 is 41.0 Å². The first-order chi connectivity index (χ1) is 18.8. The van der Waals surface area contributed by atoms with Gasteiger partial charge in [0.05, 0.1) is 17.0 Å². The van der Waals surface area contributed by atoms with E-state index in [0.717, 1.165) is 49.4 Å². The van der Waals surface area contributed by atoms with Crippen molar-refractivity contribution in [1.29, 1.82) is 0 Å². The fraction of sp³-hybridized carbons (Fsp3) is 0.567. The van der Waals surface area contributed by atoms with E-state index >= 15 is 0 Å². The third-order valence-corrected chi connectivity index (χ3v) is 5.25. The zero-order valence-corrected chi connectivity index (χ0v) is 24.8. The van der Waals surface area contributed by atoms with Gasteiger partial charge in [-0.2, -0.15) is 13.2 Å². The maximum absolute atomic E-state index is 12.4. The molecule has 0 atom stereocenters. The lowest BCUT2D eigenvalue weighted by Crippen LogP contribution is -2.23. The van der Waals surface area contributed by atoms with E-state index in [1.807, 2.05) is 6.92 Å². The van der Waals surface area contributed by atoms with Gasteiger partial charge in [-0.05, 0) is 78.1 Å². The molecule has 1 aromatic heterocycles. The van der Waals surface area contributed by atoms with Crippen molar-refractivity contribution in [2.45, 2.75) is 112 Å². The van der Waals surface area contributed by atoms with E-state index in [0.29, 0.717) is 17.8 Å². The number of hydrogen-bond donors (Lipinski definition) is 1. The number of halogens is 6. The second kappa shape index (κ2) is 17.8. The van der Waals surface area contributed by atoms with Crippen LogP contribution in [0.1, 0.15) is 96.5 Å². The molecule has 2 aromatic rings. The molecule has 11 heteroatoms. The average Bonchev–Trinajstić information content (AvgIpc) is 2.82. The topological polar surface area (TPSA) is 71.8 Å². The molecule has 0 amide bonds. The first-order valence-electron chi connectivity index (χ1n) is 13.4. The zero-order chi connectivity index (χ0) is 31.9. The van der Waals surface area contributed by atoms with E-state index in [1.54, 1.807) is 39.8 Å². The van der Waals surface area contributed by atoms with Gasteiger partial charge in [0.1, 0.15) is 17.2 Å². The Labute approximate surface area is 239 Å². The van der Waals surface area contributed by atoms with Gasteiger partial charge >= 0.3 is 12.5 Å². The minimum Gasteiger partial charge on any atom is -0.406 e. The molecule has 0 aliphatic rings. The standard InChI is InChI=1S/C13H17F3N2.C9H18O2.C8H7F3O/c1-4-5-6-9(2)17-11-7-8-12(13(14,15)16)18-10(11)3;1-4-5-6-8(10)7-9(2,3)11;1-6-2-4-7(5-3-6)12-8(9,10)11/h7-8H,4-6H2,1-3H3;11H,4-7H2,1-3H3;2-5H,1H3. The lowest BCUT2D eigenvalue weighted by Gasteiger charge is -2.15. The van der Waals surface area contributed by atoms with Crippen molar-refractivity contribution in [1.82, 2.24) is 4.98 Å². The van der Waals surface area contributed by atoms with E-state index in [-0.39, 0.29) is 18.0 Å². The Morgan fingerprint density at radius 3 is 1.88 bits per heavy atom. The number of alkyl halides is 6. The molecule has 0 aliphatic heterocycles. The van der Waals surface area contributed by atoms with E-state index in [2.05, 4.69) is 28.6 Å². The normalized spacial score (nSPS) is 12.1. The number of unbranched alkanes of at least 4 members (excludes halogenated alkanes) is 2. The lowest BCUT2D eigenvalue weighted by atomic mass is 9.99. The molecular formula is C30H42F6N2O3. The van der Waals surface area contributed by atoms with Gasteiger partial charge in [0.15, 0.2) is 0 Å². The van der Waals surface area contributed by atoms with Crippen LogP contribution in [0.15, 0.2) is 41.4 Å². The molecule has 1 aromatic carbocycles. The van der Waals surface area contributed by atoms with Crippen molar-refractivity contribution in [2.75, 3.05) is 0 Å². The number of Topliss-reactive ketones (excluding diaryl/α,β-unsaturated/α-hetero) is 1. The zero-order valence-electron chi connectivity index (χ0n) is 24.8. The smallest absolute Gasteiger partial charge is 0.406 e. The SMILES string of the molecule is CCCCC(=O)CC(C)(C)O.CCCCC(C)=Nc1ccc(C(F)(F)F)nc1C.Cc1ccc(OC(F)(F)F)cc1. The minimum absolute atomic E-state index is 0.166. The molecule has 0 bridgehead atoms. The molecule has 0 unspecified atom stereocenters. The molecule has 0 fully saturated rings. The summed E-state index contributed by atoms with van der Waals surface area (Å²) in [5.74, 6) is -0.0209. The van der Waals surface area contributed by atoms with Crippen molar-refractivity contribution in [3.63, 3.8) is 0 Å². The van der Waals surface area contributed by atoms with Gasteiger partial charge in [-0.25, -0.2) is 4.98 Å². The number of aryl methyl sites for hydroxylation is 2. The summed E-state index contributed by atoms with van der Waals surface area (Å²) in [6, 6.07) is 8.02. The van der Waals surface area contributed by atoms with Crippen LogP contribution in [0.4, 0.5) is 32.0 Å². The van der Waals surface area contributed by atoms with E-state index < -0.39 is 23.8 Å². The Hall–Kier alpha value is -2.95. The van der Waals surface area contributed by atoms with Gasteiger partial charge in [0.25, 0.3) is 0 Å². The van der Waals surface area contributed by atoms with Crippen LogP contribution in [0.5, 0.6) is 5.75 Å².